The van der Waals surface area contributed by atoms with Crippen LogP contribution in [0.1, 0.15) is 11.3 Å². The lowest BCUT2D eigenvalue weighted by atomic mass is 10.1. The molecule has 58 valence electrons. The summed E-state index contributed by atoms with van der Waals surface area (Å²) in [5.74, 6) is 0. The predicted molar refractivity (Wildman–Crippen MR) is 42.5 cm³/mol. The number of nitrogens with one attached hydrogen (secondary N) is 2. The van der Waals surface area contributed by atoms with Gasteiger partial charge in [-0.3, -0.25) is 4.79 Å². The third-order valence-electron chi connectivity index (χ3n) is 1.97. The average molecular weight is 150 g/mol. The van der Waals surface area contributed by atoms with Gasteiger partial charge in [0.05, 0.1) is 0 Å². The van der Waals surface area contributed by atoms with E-state index in [1.807, 2.05) is 6.07 Å². The fourth-order valence-electron chi connectivity index (χ4n) is 1.38. The Morgan fingerprint density at radius 1 is 1.36 bits per heavy atom. The number of aromatic nitrogens is 1. The van der Waals surface area contributed by atoms with Crippen molar-refractivity contribution in [3.8, 4) is 0 Å². The molecule has 2 rings (SSSR count). The van der Waals surface area contributed by atoms with Crippen LogP contribution in [-0.2, 0) is 13.0 Å². The molecule has 0 amide bonds. The summed E-state index contributed by atoms with van der Waals surface area (Å²) < 4.78 is 0. The Labute approximate surface area is 64.5 Å². The van der Waals surface area contributed by atoms with Crippen molar-refractivity contribution >= 4 is 0 Å². The molecule has 3 nitrogen and oxygen atoms in total. The SMILES string of the molecule is O=c1ccc2c([nH]1)CNCC2. The lowest BCUT2D eigenvalue weighted by Gasteiger charge is -2.15. The van der Waals surface area contributed by atoms with E-state index in [1.165, 1.54) is 5.56 Å². The topological polar surface area (TPSA) is 44.9 Å². The largest absolute Gasteiger partial charge is 0.325 e. The molecule has 0 aromatic carbocycles. The van der Waals surface area contributed by atoms with E-state index in [4.69, 9.17) is 0 Å². The second-order valence-corrected chi connectivity index (χ2v) is 2.75. The van der Waals surface area contributed by atoms with E-state index in [0.29, 0.717) is 0 Å². The Morgan fingerprint density at radius 3 is 3.18 bits per heavy atom. The second kappa shape index (κ2) is 2.51. The summed E-state index contributed by atoms with van der Waals surface area (Å²) in [6, 6.07) is 3.50. The molecular formula is C8H10N2O. The molecule has 1 aliphatic heterocycles. The lowest BCUT2D eigenvalue weighted by molar-refractivity contribution is 0.625. The molecule has 0 saturated heterocycles. The van der Waals surface area contributed by atoms with E-state index in [9.17, 15) is 4.79 Å². The van der Waals surface area contributed by atoms with Gasteiger partial charge >= 0.3 is 0 Å². The molecule has 0 saturated carbocycles. The van der Waals surface area contributed by atoms with Crippen molar-refractivity contribution in [3.05, 3.63) is 33.7 Å². The quantitative estimate of drug-likeness (QED) is 0.547. The highest BCUT2D eigenvalue weighted by Crippen LogP contribution is 2.07. The molecule has 0 bridgehead atoms. The van der Waals surface area contributed by atoms with Crippen molar-refractivity contribution in [3.63, 3.8) is 0 Å². The minimum absolute atomic E-state index is 0.00699. The fourth-order valence-corrected chi connectivity index (χ4v) is 1.38. The fraction of sp³-hybridized carbons (Fsp3) is 0.375. The number of rotatable bonds is 0. The van der Waals surface area contributed by atoms with E-state index in [1.54, 1.807) is 6.07 Å². The Kier molecular flexibility index (Phi) is 1.51. The Morgan fingerprint density at radius 2 is 2.27 bits per heavy atom. The normalized spacial score (nSPS) is 16.0. The van der Waals surface area contributed by atoms with Crippen LogP contribution >= 0.6 is 0 Å². The highest BCUT2D eigenvalue weighted by Gasteiger charge is 2.07. The molecule has 2 heterocycles. The maximum atomic E-state index is 10.9. The minimum atomic E-state index is -0.00699. The number of pyridine rings is 1. The first kappa shape index (κ1) is 6.61. The van der Waals surface area contributed by atoms with Crippen LogP contribution in [0.5, 0.6) is 0 Å². The van der Waals surface area contributed by atoms with Crippen molar-refractivity contribution in [2.45, 2.75) is 13.0 Å². The molecular weight excluding hydrogens is 140 g/mol. The van der Waals surface area contributed by atoms with Crippen molar-refractivity contribution in [2.24, 2.45) is 0 Å². The van der Waals surface area contributed by atoms with Gasteiger partial charge in [0.25, 0.3) is 0 Å². The molecule has 11 heavy (non-hydrogen) atoms. The zero-order valence-corrected chi connectivity index (χ0v) is 6.18. The summed E-state index contributed by atoms with van der Waals surface area (Å²) in [6.07, 6.45) is 1.02. The maximum absolute atomic E-state index is 10.9. The summed E-state index contributed by atoms with van der Waals surface area (Å²) in [4.78, 5) is 13.7. The molecule has 1 aromatic rings. The highest BCUT2D eigenvalue weighted by atomic mass is 16.1. The molecule has 0 radical (unpaired) electrons. The monoisotopic (exact) mass is 150 g/mol. The summed E-state index contributed by atoms with van der Waals surface area (Å²) in [6.45, 7) is 1.81. The first-order chi connectivity index (χ1) is 5.36. The van der Waals surface area contributed by atoms with Crippen LogP contribution in [0.4, 0.5) is 0 Å². The summed E-state index contributed by atoms with van der Waals surface area (Å²) >= 11 is 0. The zero-order chi connectivity index (χ0) is 7.68. The van der Waals surface area contributed by atoms with Crippen LogP contribution in [-0.4, -0.2) is 11.5 Å². The summed E-state index contributed by atoms with van der Waals surface area (Å²) in [5.41, 5.74) is 2.31. The highest BCUT2D eigenvalue weighted by molar-refractivity contribution is 5.21. The molecule has 0 atom stereocenters. The van der Waals surface area contributed by atoms with Crippen LogP contribution in [0.15, 0.2) is 16.9 Å². The Balaban J connectivity index is 2.51. The predicted octanol–water partition coefficient (Wildman–Crippen LogP) is 0.0206. The molecule has 0 spiro atoms. The smallest absolute Gasteiger partial charge is 0.248 e. The van der Waals surface area contributed by atoms with Crippen LogP contribution in [0.2, 0.25) is 0 Å². The number of fused-ring (bicyclic) bond motifs is 1. The van der Waals surface area contributed by atoms with Crippen LogP contribution < -0.4 is 10.9 Å². The molecule has 0 fully saturated rings. The molecule has 0 unspecified atom stereocenters. The van der Waals surface area contributed by atoms with Gasteiger partial charge in [0.1, 0.15) is 0 Å². The second-order valence-electron chi connectivity index (χ2n) is 2.75. The van der Waals surface area contributed by atoms with Gasteiger partial charge in [-0.1, -0.05) is 6.07 Å². The van der Waals surface area contributed by atoms with E-state index < -0.39 is 0 Å². The van der Waals surface area contributed by atoms with E-state index in [0.717, 1.165) is 25.2 Å². The minimum Gasteiger partial charge on any atom is -0.325 e. The first-order valence-electron chi connectivity index (χ1n) is 3.78. The van der Waals surface area contributed by atoms with Crippen LogP contribution in [0.25, 0.3) is 0 Å². The van der Waals surface area contributed by atoms with Gasteiger partial charge in [-0.25, -0.2) is 0 Å². The molecule has 0 aliphatic carbocycles. The van der Waals surface area contributed by atoms with Crippen molar-refractivity contribution in [2.75, 3.05) is 6.54 Å². The first-order valence-corrected chi connectivity index (χ1v) is 3.78. The van der Waals surface area contributed by atoms with Crippen molar-refractivity contribution < 1.29 is 0 Å². The molecule has 1 aromatic heterocycles. The third kappa shape index (κ3) is 1.19. The Bertz CT molecular complexity index is 316. The number of H-pyrrole nitrogens is 1. The van der Waals surface area contributed by atoms with Crippen LogP contribution in [0.3, 0.4) is 0 Å². The van der Waals surface area contributed by atoms with Gasteiger partial charge in [-0.15, -0.1) is 0 Å². The summed E-state index contributed by atoms with van der Waals surface area (Å²) in [5, 5.41) is 3.20. The summed E-state index contributed by atoms with van der Waals surface area (Å²) in [7, 11) is 0. The molecule has 2 N–H and O–H groups in total. The van der Waals surface area contributed by atoms with Crippen molar-refractivity contribution in [1.82, 2.24) is 10.3 Å². The number of hydrogen-bond donors (Lipinski definition) is 2. The van der Waals surface area contributed by atoms with E-state index in [-0.39, 0.29) is 5.56 Å². The van der Waals surface area contributed by atoms with E-state index in [2.05, 4.69) is 10.3 Å². The van der Waals surface area contributed by atoms with Gasteiger partial charge in [0.15, 0.2) is 0 Å². The third-order valence-corrected chi connectivity index (χ3v) is 1.97. The standard InChI is InChI=1S/C8H10N2O/c11-8-2-1-6-3-4-9-5-7(6)10-8/h1-2,9H,3-5H2,(H,10,11). The van der Waals surface area contributed by atoms with E-state index >= 15 is 0 Å². The van der Waals surface area contributed by atoms with Crippen LogP contribution in [0, 0.1) is 0 Å². The zero-order valence-electron chi connectivity index (χ0n) is 6.18. The van der Waals surface area contributed by atoms with Gasteiger partial charge < -0.3 is 10.3 Å². The van der Waals surface area contributed by atoms with Gasteiger partial charge in [0.2, 0.25) is 5.56 Å². The molecule has 1 aliphatic rings. The maximum Gasteiger partial charge on any atom is 0.248 e. The average Bonchev–Trinajstić information content (AvgIpc) is 2.04. The van der Waals surface area contributed by atoms with Gasteiger partial charge in [-0.2, -0.15) is 0 Å². The Hall–Kier alpha value is -1.09. The number of hydrogen-bond acceptors (Lipinski definition) is 2. The molecule has 3 heteroatoms. The van der Waals surface area contributed by atoms with Crippen molar-refractivity contribution in [1.29, 1.82) is 0 Å². The lowest BCUT2D eigenvalue weighted by Crippen LogP contribution is -2.26. The van der Waals surface area contributed by atoms with Gasteiger partial charge in [-0.05, 0) is 18.5 Å². The van der Waals surface area contributed by atoms with Gasteiger partial charge in [0, 0.05) is 18.3 Å². The number of aromatic amines is 1.